The molecule has 41 heavy (non-hydrogen) atoms. The molecule has 2 unspecified atom stereocenters. The number of fused-ring (bicyclic) bond motifs is 3. The number of hydrogen-bond acceptors (Lipinski definition) is 4. The van der Waals surface area contributed by atoms with Crippen LogP contribution in [0, 0.1) is 19.8 Å². The zero-order chi connectivity index (χ0) is 29.9. The Hall–Kier alpha value is -2.36. The van der Waals surface area contributed by atoms with E-state index in [0.29, 0.717) is 23.5 Å². The lowest BCUT2D eigenvalue weighted by Gasteiger charge is -2.48. The van der Waals surface area contributed by atoms with E-state index in [-0.39, 0.29) is 5.41 Å². The largest absolute Gasteiger partial charge is 0.385 e. The van der Waals surface area contributed by atoms with Crippen LogP contribution in [0.15, 0.2) is 24.3 Å². The third-order valence-electron chi connectivity index (χ3n) is 10.0. The summed E-state index contributed by atoms with van der Waals surface area (Å²) in [6, 6.07) is 10.9. The Bertz CT molecular complexity index is 1170. The van der Waals surface area contributed by atoms with Crippen LogP contribution in [-0.2, 0) is 10.8 Å². The minimum Gasteiger partial charge on any atom is -0.385 e. The van der Waals surface area contributed by atoms with Crippen LogP contribution in [0.4, 0.5) is 22.7 Å². The standard InChI is InChI=1S/C22H36N2.C15H24N2/c1-6-16(4)20-14-22(10-8-7-9-11-22)19-13-18(23-15(2)3)12-17(5)21(19)24-20;1-10(2)17-12-8-11(3)14-13(9-12)15(4,5)6-7-16-14/h12-13,15-16,20,23-24H,6-11,14H2,1-5H3;8-10,16-17H,6-7H2,1-5H3. The topological polar surface area (TPSA) is 48.1 Å². The molecule has 1 aliphatic carbocycles. The Morgan fingerprint density at radius 1 is 0.780 bits per heavy atom. The van der Waals surface area contributed by atoms with Crippen LogP contribution in [0.2, 0.25) is 0 Å². The zero-order valence-electron chi connectivity index (χ0n) is 28.0. The van der Waals surface area contributed by atoms with E-state index in [9.17, 15) is 0 Å². The fourth-order valence-electron chi connectivity index (χ4n) is 7.52. The van der Waals surface area contributed by atoms with Gasteiger partial charge in [0.2, 0.25) is 0 Å². The highest BCUT2D eigenvalue weighted by atomic mass is 15.0. The average Bonchev–Trinajstić information content (AvgIpc) is 2.89. The van der Waals surface area contributed by atoms with E-state index in [0.717, 1.165) is 12.5 Å². The highest BCUT2D eigenvalue weighted by Crippen LogP contribution is 2.51. The van der Waals surface area contributed by atoms with E-state index in [4.69, 9.17) is 0 Å². The number of hydrogen-bond donors (Lipinski definition) is 4. The van der Waals surface area contributed by atoms with Gasteiger partial charge < -0.3 is 21.3 Å². The van der Waals surface area contributed by atoms with Gasteiger partial charge in [0.05, 0.1) is 0 Å². The predicted molar refractivity (Wildman–Crippen MR) is 182 cm³/mol. The van der Waals surface area contributed by atoms with Gasteiger partial charge in [-0.25, -0.2) is 0 Å². The summed E-state index contributed by atoms with van der Waals surface area (Å²) in [5.41, 5.74) is 11.8. The maximum absolute atomic E-state index is 3.94. The second-order valence-electron chi connectivity index (χ2n) is 14.8. The first-order valence-electron chi connectivity index (χ1n) is 16.7. The maximum atomic E-state index is 3.94. The number of anilines is 4. The van der Waals surface area contributed by atoms with Crippen LogP contribution in [0.1, 0.15) is 129 Å². The molecule has 4 nitrogen and oxygen atoms in total. The number of benzene rings is 2. The molecule has 4 N–H and O–H groups in total. The van der Waals surface area contributed by atoms with Gasteiger partial charge in [-0.1, -0.05) is 53.4 Å². The molecule has 4 heteroatoms. The van der Waals surface area contributed by atoms with Gasteiger partial charge in [-0.3, -0.25) is 0 Å². The summed E-state index contributed by atoms with van der Waals surface area (Å²) in [4.78, 5) is 0. The lowest BCUT2D eigenvalue weighted by Crippen LogP contribution is -2.44. The Balaban J connectivity index is 0.000000201. The number of rotatable bonds is 6. The summed E-state index contributed by atoms with van der Waals surface area (Å²) < 4.78 is 0. The van der Waals surface area contributed by atoms with Gasteiger partial charge in [-0.05, 0) is 130 Å². The second kappa shape index (κ2) is 12.9. The van der Waals surface area contributed by atoms with Gasteiger partial charge >= 0.3 is 0 Å². The van der Waals surface area contributed by atoms with Crippen LogP contribution in [0.3, 0.4) is 0 Å². The molecule has 228 valence electrons. The van der Waals surface area contributed by atoms with Crippen LogP contribution in [0.25, 0.3) is 0 Å². The zero-order valence-corrected chi connectivity index (χ0v) is 28.0. The highest BCUT2D eigenvalue weighted by molar-refractivity contribution is 5.69. The molecule has 2 aromatic rings. The fraction of sp³-hybridized carbons (Fsp3) is 0.676. The van der Waals surface area contributed by atoms with Gasteiger partial charge in [0.15, 0.2) is 0 Å². The molecule has 0 radical (unpaired) electrons. The molecule has 0 amide bonds. The summed E-state index contributed by atoms with van der Waals surface area (Å²) in [6.45, 7) is 23.8. The molecule has 1 fully saturated rings. The molecular weight excluding hydrogens is 500 g/mol. The van der Waals surface area contributed by atoms with Crippen molar-refractivity contribution < 1.29 is 0 Å². The summed E-state index contributed by atoms with van der Waals surface area (Å²) in [7, 11) is 0. The van der Waals surface area contributed by atoms with Crippen LogP contribution >= 0.6 is 0 Å². The third kappa shape index (κ3) is 7.17. The first kappa shape index (κ1) is 31.6. The summed E-state index contributed by atoms with van der Waals surface area (Å²) in [5, 5.41) is 14.6. The van der Waals surface area contributed by atoms with E-state index in [1.807, 2.05) is 0 Å². The first-order chi connectivity index (χ1) is 19.3. The van der Waals surface area contributed by atoms with E-state index < -0.39 is 0 Å². The molecule has 5 rings (SSSR count). The Morgan fingerprint density at radius 2 is 1.34 bits per heavy atom. The molecular formula is C37H60N4. The monoisotopic (exact) mass is 560 g/mol. The van der Waals surface area contributed by atoms with Gasteiger partial charge in [0, 0.05) is 47.4 Å². The SMILES string of the molecule is CCC(C)C1CC2(CCCCC2)c2cc(NC(C)C)cc(C)c2N1.Cc1cc(NC(C)C)cc2c1NCCC2(C)C. The van der Waals surface area contributed by atoms with Crippen molar-refractivity contribution in [2.24, 2.45) is 5.92 Å². The van der Waals surface area contributed by atoms with Crippen molar-refractivity contribution in [1.82, 2.24) is 0 Å². The van der Waals surface area contributed by atoms with Crippen molar-refractivity contribution >= 4 is 22.7 Å². The molecule has 3 aliphatic rings. The van der Waals surface area contributed by atoms with Crippen molar-refractivity contribution in [3.8, 4) is 0 Å². The molecule has 1 spiro atoms. The van der Waals surface area contributed by atoms with E-state index in [1.165, 1.54) is 90.8 Å². The van der Waals surface area contributed by atoms with Crippen LogP contribution in [-0.4, -0.2) is 24.7 Å². The fourth-order valence-corrected chi connectivity index (χ4v) is 7.52. The van der Waals surface area contributed by atoms with E-state index in [2.05, 4.69) is 115 Å². The number of nitrogens with one attached hydrogen (secondary N) is 4. The Labute approximate surface area is 252 Å². The first-order valence-corrected chi connectivity index (χ1v) is 16.7. The van der Waals surface area contributed by atoms with Gasteiger partial charge in [-0.15, -0.1) is 0 Å². The molecule has 0 bridgehead atoms. The highest BCUT2D eigenvalue weighted by Gasteiger charge is 2.42. The van der Waals surface area contributed by atoms with Crippen molar-refractivity contribution in [3.05, 3.63) is 46.5 Å². The molecule has 0 aromatic heterocycles. The molecule has 1 saturated carbocycles. The lowest BCUT2D eigenvalue weighted by molar-refractivity contribution is 0.232. The van der Waals surface area contributed by atoms with Crippen molar-refractivity contribution in [2.45, 2.75) is 150 Å². The summed E-state index contributed by atoms with van der Waals surface area (Å²) >= 11 is 0. The molecule has 2 aromatic carbocycles. The molecule has 2 heterocycles. The van der Waals surface area contributed by atoms with Gasteiger partial charge in [-0.2, -0.15) is 0 Å². The molecule has 0 saturated heterocycles. The average molecular weight is 561 g/mol. The lowest BCUT2D eigenvalue weighted by atomic mass is 9.62. The molecule has 2 aliphatic heterocycles. The summed E-state index contributed by atoms with van der Waals surface area (Å²) in [6.07, 6.45) is 10.7. The van der Waals surface area contributed by atoms with E-state index in [1.54, 1.807) is 5.56 Å². The Morgan fingerprint density at radius 3 is 1.90 bits per heavy atom. The second-order valence-corrected chi connectivity index (χ2v) is 14.8. The van der Waals surface area contributed by atoms with Crippen molar-refractivity contribution in [2.75, 3.05) is 27.8 Å². The van der Waals surface area contributed by atoms with Crippen LogP contribution in [0.5, 0.6) is 0 Å². The van der Waals surface area contributed by atoms with Crippen LogP contribution < -0.4 is 21.3 Å². The number of aryl methyl sites for hydroxylation is 2. The van der Waals surface area contributed by atoms with E-state index >= 15 is 0 Å². The predicted octanol–water partition coefficient (Wildman–Crippen LogP) is 10.2. The van der Waals surface area contributed by atoms with Crippen molar-refractivity contribution in [1.29, 1.82) is 0 Å². The summed E-state index contributed by atoms with van der Waals surface area (Å²) in [5.74, 6) is 0.741. The minimum atomic E-state index is 0.278. The molecule has 2 atom stereocenters. The smallest absolute Gasteiger partial charge is 0.0411 e. The van der Waals surface area contributed by atoms with Gasteiger partial charge in [0.25, 0.3) is 0 Å². The quantitative estimate of drug-likeness (QED) is 0.284. The van der Waals surface area contributed by atoms with Gasteiger partial charge in [0.1, 0.15) is 0 Å². The maximum Gasteiger partial charge on any atom is 0.0411 e. The third-order valence-corrected chi connectivity index (χ3v) is 10.0. The normalized spacial score (nSPS) is 21.1. The Kier molecular flexibility index (Phi) is 9.92. The minimum absolute atomic E-state index is 0.278. The van der Waals surface area contributed by atoms with Crippen molar-refractivity contribution in [3.63, 3.8) is 0 Å².